The third-order valence-corrected chi connectivity index (χ3v) is 7.66. The average Bonchev–Trinajstić information content (AvgIpc) is 3.33. The Morgan fingerprint density at radius 2 is 1.76 bits per heavy atom. The summed E-state index contributed by atoms with van der Waals surface area (Å²) in [5, 5.41) is 1.00. The minimum Gasteiger partial charge on any atom is -0.493 e. The smallest absolute Gasteiger partial charge is 0.252 e. The van der Waals surface area contributed by atoms with Gasteiger partial charge < -0.3 is 18.9 Å². The van der Waals surface area contributed by atoms with Gasteiger partial charge in [0.1, 0.15) is 5.76 Å². The molecule has 34 heavy (non-hydrogen) atoms. The molecular formula is C24H23ClN2O6S. The van der Waals surface area contributed by atoms with Crippen LogP contribution in [0, 0.1) is 6.92 Å². The van der Waals surface area contributed by atoms with Crippen molar-refractivity contribution in [3.05, 3.63) is 87.1 Å². The molecule has 0 spiro atoms. The molecule has 0 aliphatic heterocycles. The van der Waals surface area contributed by atoms with E-state index in [1.807, 2.05) is 0 Å². The van der Waals surface area contributed by atoms with Crippen LogP contribution < -0.4 is 15.0 Å². The summed E-state index contributed by atoms with van der Waals surface area (Å²) in [5.74, 6) is 1.39. The van der Waals surface area contributed by atoms with E-state index < -0.39 is 15.6 Å². The third kappa shape index (κ3) is 4.68. The zero-order valence-electron chi connectivity index (χ0n) is 18.8. The Bertz CT molecular complexity index is 1500. The Labute approximate surface area is 201 Å². The van der Waals surface area contributed by atoms with E-state index in [0.717, 1.165) is 5.56 Å². The lowest BCUT2D eigenvalue weighted by molar-refractivity contribution is 0.355. The first-order valence-corrected chi connectivity index (χ1v) is 12.1. The van der Waals surface area contributed by atoms with E-state index in [0.29, 0.717) is 33.2 Å². The molecule has 0 aliphatic carbocycles. The number of fused-ring (bicyclic) bond motifs is 1. The molecule has 178 valence electrons. The van der Waals surface area contributed by atoms with Gasteiger partial charge in [-0.1, -0.05) is 17.7 Å². The van der Waals surface area contributed by atoms with Gasteiger partial charge in [-0.3, -0.25) is 4.79 Å². The summed E-state index contributed by atoms with van der Waals surface area (Å²) in [5.41, 5.74) is 1.14. The van der Waals surface area contributed by atoms with Gasteiger partial charge in [-0.05, 0) is 48.9 Å². The van der Waals surface area contributed by atoms with Crippen LogP contribution in [0.1, 0.15) is 16.9 Å². The molecule has 8 nitrogen and oxygen atoms in total. The van der Waals surface area contributed by atoms with E-state index >= 15 is 0 Å². The number of H-pyrrole nitrogens is 1. The molecule has 10 heteroatoms. The van der Waals surface area contributed by atoms with Crippen LogP contribution in [0.25, 0.3) is 10.9 Å². The number of aromatic amines is 1. The van der Waals surface area contributed by atoms with Gasteiger partial charge in [-0.15, -0.1) is 0 Å². The summed E-state index contributed by atoms with van der Waals surface area (Å²) in [6.07, 6.45) is 1.46. The van der Waals surface area contributed by atoms with Gasteiger partial charge in [0.15, 0.2) is 11.5 Å². The van der Waals surface area contributed by atoms with Gasteiger partial charge in [-0.25, -0.2) is 8.42 Å². The molecule has 0 radical (unpaired) electrons. The second-order valence-electron chi connectivity index (χ2n) is 7.68. The lowest BCUT2D eigenvalue weighted by atomic mass is 10.1. The molecule has 0 unspecified atom stereocenters. The predicted octanol–water partition coefficient (Wildman–Crippen LogP) is 4.49. The zero-order valence-corrected chi connectivity index (χ0v) is 20.4. The number of sulfonamides is 1. The van der Waals surface area contributed by atoms with E-state index in [1.54, 1.807) is 43.3 Å². The largest absolute Gasteiger partial charge is 0.493 e. The maximum Gasteiger partial charge on any atom is 0.252 e. The van der Waals surface area contributed by atoms with Gasteiger partial charge in [0.25, 0.3) is 5.56 Å². The minimum atomic E-state index is -4.02. The van der Waals surface area contributed by atoms with Crippen molar-refractivity contribution in [3.63, 3.8) is 0 Å². The second kappa shape index (κ2) is 9.54. The number of rotatable bonds is 8. The van der Waals surface area contributed by atoms with Crippen molar-refractivity contribution in [1.29, 1.82) is 0 Å². The van der Waals surface area contributed by atoms with Gasteiger partial charge in [-0.2, -0.15) is 4.31 Å². The van der Waals surface area contributed by atoms with Crippen LogP contribution in [-0.2, 0) is 23.1 Å². The molecule has 0 saturated heterocycles. The van der Waals surface area contributed by atoms with Crippen LogP contribution in [0.4, 0.5) is 0 Å². The van der Waals surface area contributed by atoms with Crippen molar-refractivity contribution < 1.29 is 22.3 Å². The predicted molar refractivity (Wildman–Crippen MR) is 129 cm³/mol. The summed E-state index contributed by atoms with van der Waals surface area (Å²) in [6.45, 7) is 1.54. The molecule has 0 saturated carbocycles. The molecule has 2 aromatic carbocycles. The number of halogens is 1. The summed E-state index contributed by atoms with van der Waals surface area (Å²) in [4.78, 5) is 15.7. The van der Waals surface area contributed by atoms with Crippen molar-refractivity contribution >= 4 is 32.5 Å². The Hall–Kier alpha value is -3.27. The molecule has 0 atom stereocenters. The van der Waals surface area contributed by atoms with E-state index in [1.165, 1.54) is 36.9 Å². The SMILES string of the molecule is COc1cc2cc(CN(Cc3ccco3)S(=O)(=O)c3ccc(C)c(Cl)c3)c(=O)[nH]c2cc1OC. The maximum absolute atomic E-state index is 13.6. The highest BCUT2D eigenvalue weighted by molar-refractivity contribution is 7.89. The Morgan fingerprint density at radius 1 is 1.03 bits per heavy atom. The Morgan fingerprint density at radius 3 is 2.41 bits per heavy atom. The normalized spacial score (nSPS) is 11.8. The van der Waals surface area contributed by atoms with Crippen LogP contribution >= 0.6 is 11.6 Å². The van der Waals surface area contributed by atoms with Crippen molar-refractivity contribution in [2.45, 2.75) is 24.9 Å². The van der Waals surface area contributed by atoms with Gasteiger partial charge in [0.2, 0.25) is 10.0 Å². The molecule has 2 heterocycles. The number of hydrogen-bond acceptors (Lipinski definition) is 6. The van der Waals surface area contributed by atoms with Gasteiger partial charge in [0.05, 0.1) is 37.4 Å². The summed E-state index contributed by atoms with van der Waals surface area (Å²) in [7, 11) is -0.997. The number of hydrogen-bond donors (Lipinski definition) is 1. The van der Waals surface area contributed by atoms with Crippen LogP contribution in [0.5, 0.6) is 11.5 Å². The van der Waals surface area contributed by atoms with Crippen molar-refractivity contribution in [2.75, 3.05) is 14.2 Å². The van der Waals surface area contributed by atoms with Crippen molar-refractivity contribution in [2.24, 2.45) is 0 Å². The van der Waals surface area contributed by atoms with Crippen LogP contribution in [-0.4, -0.2) is 31.9 Å². The highest BCUT2D eigenvalue weighted by Crippen LogP contribution is 2.31. The third-order valence-electron chi connectivity index (χ3n) is 5.47. The number of pyridine rings is 1. The number of benzene rings is 2. The number of aryl methyl sites for hydroxylation is 1. The molecule has 0 bridgehead atoms. The monoisotopic (exact) mass is 502 g/mol. The molecule has 0 amide bonds. The van der Waals surface area contributed by atoms with Crippen molar-refractivity contribution in [1.82, 2.24) is 9.29 Å². The minimum absolute atomic E-state index is 0.0262. The standard InChI is InChI=1S/C24H23ClN2O6S/c1-15-6-7-19(11-20(15)25)34(29,30)27(14-18-5-4-8-33-18)13-17-9-16-10-22(31-2)23(32-3)12-21(16)26-24(17)28/h4-12H,13-14H2,1-3H3,(H,26,28). The number of methoxy groups -OCH3 is 2. The van der Waals surface area contributed by atoms with Gasteiger partial charge >= 0.3 is 0 Å². The summed E-state index contributed by atoms with van der Waals surface area (Å²) >= 11 is 6.19. The number of ether oxygens (including phenoxy) is 2. The first kappa shape index (κ1) is 23.9. The number of nitrogens with one attached hydrogen (secondary N) is 1. The van der Waals surface area contributed by atoms with E-state index in [2.05, 4.69) is 4.98 Å². The summed E-state index contributed by atoms with van der Waals surface area (Å²) < 4.78 is 44.3. The lowest BCUT2D eigenvalue weighted by Crippen LogP contribution is -2.32. The first-order valence-electron chi connectivity index (χ1n) is 10.3. The molecule has 4 rings (SSSR count). The number of nitrogens with zero attached hydrogens (tertiary/aromatic N) is 1. The molecule has 0 fully saturated rings. The molecule has 2 aromatic heterocycles. The maximum atomic E-state index is 13.6. The highest BCUT2D eigenvalue weighted by Gasteiger charge is 2.27. The highest BCUT2D eigenvalue weighted by atomic mass is 35.5. The quantitative estimate of drug-likeness (QED) is 0.381. The van der Waals surface area contributed by atoms with Crippen LogP contribution in [0.2, 0.25) is 5.02 Å². The molecule has 1 N–H and O–H groups in total. The van der Waals surface area contributed by atoms with E-state index in [-0.39, 0.29) is 23.5 Å². The fraction of sp³-hybridized carbons (Fsp3) is 0.208. The summed E-state index contributed by atoms with van der Waals surface area (Å²) in [6, 6.07) is 12.9. The van der Waals surface area contributed by atoms with E-state index in [4.69, 9.17) is 25.5 Å². The van der Waals surface area contributed by atoms with Crippen LogP contribution in [0.3, 0.4) is 0 Å². The Kier molecular flexibility index (Phi) is 6.70. The van der Waals surface area contributed by atoms with E-state index in [9.17, 15) is 13.2 Å². The zero-order chi connectivity index (χ0) is 24.5. The second-order valence-corrected chi connectivity index (χ2v) is 10.0. The van der Waals surface area contributed by atoms with Gasteiger partial charge in [0, 0.05) is 28.6 Å². The molecular weight excluding hydrogens is 480 g/mol. The Balaban J connectivity index is 1.79. The number of furan rings is 1. The average molecular weight is 503 g/mol. The first-order chi connectivity index (χ1) is 16.2. The van der Waals surface area contributed by atoms with Crippen molar-refractivity contribution in [3.8, 4) is 11.5 Å². The lowest BCUT2D eigenvalue weighted by Gasteiger charge is -2.22. The number of aromatic nitrogens is 1. The topological polar surface area (TPSA) is 102 Å². The fourth-order valence-corrected chi connectivity index (χ4v) is 5.23. The van der Waals surface area contributed by atoms with Crippen LogP contribution in [0.15, 0.2) is 68.9 Å². The fourth-order valence-electron chi connectivity index (χ4n) is 3.57. The molecule has 0 aliphatic rings. The molecule has 4 aromatic rings.